The Kier molecular flexibility index (Phi) is 4.65. The summed E-state index contributed by atoms with van der Waals surface area (Å²) in [5.74, 6) is 1.35. The number of halogens is 1. The van der Waals surface area contributed by atoms with Crippen molar-refractivity contribution in [1.29, 1.82) is 0 Å². The van der Waals surface area contributed by atoms with Crippen molar-refractivity contribution in [3.63, 3.8) is 0 Å². The fraction of sp³-hybridized carbons (Fsp3) is 0.0909. The van der Waals surface area contributed by atoms with Gasteiger partial charge in [-0.1, -0.05) is 59.6 Å². The van der Waals surface area contributed by atoms with Crippen molar-refractivity contribution >= 4 is 33.9 Å². The molecule has 0 saturated heterocycles. The predicted octanol–water partition coefficient (Wildman–Crippen LogP) is 6.01. The zero-order valence-corrected chi connectivity index (χ0v) is 15.8. The van der Waals surface area contributed by atoms with Gasteiger partial charge in [-0.3, -0.25) is 0 Å². The Bertz CT molecular complexity index is 1110. The van der Waals surface area contributed by atoms with E-state index < -0.39 is 0 Å². The molecule has 0 radical (unpaired) electrons. The maximum Gasteiger partial charge on any atom is 0.161 e. The zero-order chi connectivity index (χ0) is 18.8. The van der Waals surface area contributed by atoms with Crippen LogP contribution in [0.1, 0.15) is 5.56 Å². The highest BCUT2D eigenvalue weighted by molar-refractivity contribution is 6.31. The second kappa shape index (κ2) is 7.25. The van der Waals surface area contributed by atoms with Gasteiger partial charge in [-0.15, -0.1) is 10.2 Å². The standard InChI is InChI=1S/C22H18ClN3O/c1-14-8-10-17-18(12-14)22(24-19-13-16(23)9-11-20(19)27-2)26-25-21(17)15-6-4-3-5-7-15/h3-13H,1-2H3,(H,24,26). The molecule has 0 aliphatic heterocycles. The van der Waals surface area contributed by atoms with Crippen LogP contribution in [0.3, 0.4) is 0 Å². The Labute approximate surface area is 162 Å². The molecule has 0 atom stereocenters. The minimum Gasteiger partial charge on any atom is -0.495 e. The smallest absolute Gasteiger partial charge is 0.161 e. The van der Waals surface area contributed by atoms with E-state index in [0.29, 0.717) is 16.6 Å². The topological polar surface area (TPSA) is 47.0 Å². The first-order valence-corrected chi connectivity index (χ1v) is 8.96. The highest BCUT2D eigenvalue weighted by Gasteiger charge is 2.13. The molecule has 1 N–H and O–H groups in total. The van der Waals surface area contributed by atoms with Gasteiger partial charge in [-0.2, -0.15) is 0 Å². The Morgan fingerprint density at radius 3 is 2.48 bits per heavy atom. The van der Waals surface area contributed by atoms with Crippen LogP contribution in [0.5, 0.6) is 5.75 Å². The highest BCUT2D eigenvalue weighted by Crippen LogP contribution is 2.35. The molecule has 4 rings (SSSR count). The molecule has 0 bridgehead atoms. The molecule has 5 heteroatoms. The fourth-order valence-electron chi connectivity index (χ4n) is 3.08. The van der Waals surface area contributed by atoms with E-state index in [4.69, 9.17) is 16.3 Å². The van der Waals surface area contributed by atoms with Crippen LogP contribution in [0.25, 0.3) is 22.0 Å². The molecular formula is C22H18ClN3O. The third kappa shape index (κ3) is 3.44. The van der Waals surface area contributed by atoms with Crippen molar-refractivity contribution in [2.75, 3.05) is 12.4 Å². The van der Waals surface area contributed by atoms with Gasteiger partial charge in [0.2, 0.25) is 0 Å². The molecule has 134 valence electrons. The number of nitrogens with zero attached hydrogens (tertiary/aromatic N) is 2. The largest absolute Gasteiger partial charge is 0.495 e. The fourth-order valence-corrected chi connectivity index (χ4v) is 3.25. The average Bonchev–Trinajstić information content (AvgIpc) is 2.69. The number of aryl methyl sites for hydroxylation is 1. The highest BCUT2D eigenvalue weighted by atomic mass is 35.5. The normalized spacial score (nSPS) is 10.8. The second-order valence-electron chi connectivity index (χ2n) is 6.28. The Morgan fingerprint density at radius 2 is 1.70 bits per heavy atom. The van der Waals surface area contributed by atoms with E-state index in [2.05, 4.69) is 40.6 Å². The van der Waals surface area contributed by atoms with E-state index in [1.54, 1.807) is 13.2 Å². The van der Waals surface area contributed by atoms with Crippen LogP contribution < -0.4 is 10.1 Å². The number of hydrogen-bond acceptors (Lipinski definition) is 4. The molecule has 4 aromatic rings. The molecule has 0 unspecified atom stereocenters. The summed E-state index contributed by atoms with van der Waals surface area (Å²) < 4.78 is 5.43. The summed E-state index contributed by atoms with van der Waals surface area (Å²) in [6.07, 6.45) is 0. The third-order valence-corrected chi connectivity index (χ3v) is 4.63. The Morgan fingerprint density at radius 1 is 0.889 bits per heavy atom. The lowest BCUT2D eigenvalue weighted by Crippen LogP contribution is -2.01. The summed E-state index contributed by atoms with van der Waals surface area (Å²) in [7, 11) is 1.63. The monoisotopic (exact) mass is 375 g/mol. The van der Waals surface area contributed by atoms with Crippen LogP contribution in [-0.2, 0) is 0 Å². The van der Waals surface area contributed by atoms with Gasteiger partial charge in [-0.25, -0.2) is 0 Å². The van der Waals surface area contributed by atoms with Gasteiger partial charge in [0.25, 0.3) is 0 Å². The van der Waals surface area contributed by atoms with Gasteiger partial charge < -0.3 is 10.1 Å². The van der Waals surface area contributed by atoms with Crippen LogP contribution in [-0.4, -0.2) is 17.3 Å². The van der Waals surface area contributed by atoms with Crippen molar-refractivity contribution in [3.05, 3.63) is 77.3 Å². The van der Waals surface area contributed by atoms with Gasteiger partial charge in [0.15, 0.2) is 5.82 Å². The van der Waals surface area contributed by atoms with Gasteiger partial charge in [-0.05, 0) is 31.2 Å². The van der Waals surface area contributed by atoms with E-state index >= 15 is 0 Å². The molecule has 27 heavy (non-hydrogen) atoms. The number of benzene rings is 3. The number of fused-ring (bicyclic) bond motifs is 1. The summed E-state index contributed by atoms with van der Waals surface area (Å²) in [6.45, 7) is 2.06. The molecule has 3 aromatic carbocycles. The van der Waals surface area contributed by atoms with Crippen LogP contribution in [0, 0.1) is 6.92 Å². The number of methoxy groups -OCH3 is 1. The maximum atomic E-state index is 6.16. The number of rotatable bonds is 4. The minimum atomic E-state index is 0.618. The van der Waals surface area contributed by atoms with Gasteiger partial charge in [0.05, 0.1) is 12.8 Å². The number of aromatic nitrogens is 2. The van der Waals surface area contributed by atoms with E-state index in [1.807, 2.05) is 42.5 Å². The summed E-state index contributed by atoms with van der Waals surface area (Å²) in [6, 6.07) is 21.8. The first-order chi connectivity index (χ1) is 13.2. The number of ether oxygens (including phenoxy) is 1. The van der Waals surface area contributed by atoms with Crippen molar-refractivity contribution in [1.82, 2.24) is 10.2 Å². The van der Waals surface area contributed by atoms with Crippen LogP contribution in [0.15, 0.2) is 66.7 Å². The zero-order valence-electron chi connectivity index (χ0n) is 15.0. The summed E-state index contributed by atoms with van der Waals surface area (Å²) in [5.41, 5.74) is 3.78. The van der Waals surface area contributed by atoms with Crippen molar-refractivity contribution in [2.45, 2.75) is 6.92 Å². The second-order valence-corrected chi connectivity index (χ2v) is 6.72. The molecule has 1 heterocycles. The molecule has 0 aliphatic rings. The van der Waals surface area contributed by atoms with Crippen LogP contribution in [0.4, 0.5) is 11.5 Å². The third-order valence-electron chi connectivity index (χ3n) is 4.40. The Balaban J connectivity index is 1.88. The van der Waals surface area contributed by atoms with Crippen LogP contribution >= 0.6 is 11.6 Å². The van der Waals surface area contributed by atoms with Crippen molar-refractivity contribution in [3.8, 4) is 17.0 Å². The lowest BCUT2D eigenvalue weighted by atomic mass is 10.0. The lowest BCUT2D eigenvalue weighted by Gasteiger charge is -2.14. The summed E-state index contributed by atoms with van der Waals surface area (Å²) >= 11 is 6.16. The molecule has 0 saturated carbocycles. The maximum absolute atomic E-state index is 6.16. The summed E-state index contributed by atoms with van der Waals surface area (Å²) in [4.78, 5) is 0. The molecule has 1 aromatic heterocycles. The van der Waals surface area contributed by atoms with Gasteiger partial charge in [0.1, 0.15) is 11.4 Å². The van der Waals surface area contributed by atoms with E-state index in [1.165, 1.54) is 0 Å². The minimum absolute atomic E-state index is 0.618. The Hall–Kier alpha value is -3.11. The molecule has 4 nitrogen and oxygen atoms in total. The SMILES string of the molecule is COc1ccc(Cl)cc1Nc1nnc(-c2ccccc2)c2ccc(C)cc12. The quantitative estimate of drug-likeness (QED) is 0.474. The lowest BCUT2D eigenvalue weighted by molar-refractivity contribution is 0.417. The summed E-state index contributed by atoms with van der Waals surface area (Å²) in [5, 5.41) is 14.9. The van der Waals surface area contributed by atoms with E-state index in [9.17, 15) is 0 Å². The number of anilines is 2. The number of nitrogens with one attached hydrogen (secondary N) is 1. The molecule has 0 fully saturated rings. The van der Waals surface area contributed by atoms with Crippen molar-refractivity contribution < 1.29 is 4.74 Å². The van der Waals surface area contributed by atoms with Crippen molar-refractivity contribution in [2.24, 2.45) is 0 Å². The van der Waals surface area contributed by atoms with Gasteiger partial charge in [0, 0.05) is 21.4 Å². The average molecular weight is 376 g/mol. The van der Waals surface area contributed by atoms with Crippen LogP contribution in [0.2, 0.25) is 5.02 Å². The first kappa shape index (κ1) is 17.3. The molecule has 0 aliphatic carbocycles. The molecular weight excluding hydrogens is 358 g/mol. The molecule has 0 spiro atoms. The number of hydrogen-bond donors (Lipinski definition) is 1. The van der Waals surface area contributed by atoms with E-state index in [-0.39, 0.29) is 0 Å². The first-order valence-electron chi connectivity index (χ1n) is 8.59. The van der Waals surface area contributed by atoms with E-state index in [0.717, 1.165) is 33.3 Å². The molecule has 0 amide bonds. The van der Waals surface area contributed by atoms with Gasteiger partial charge >= 0.3 is 0 Å². The predicted molar refractivity (Wildman–Crippen MR) is 111 cm³/mol.